The lowest BCUT2D eigenvalue weighted by atomic mass is 9.98. The molecule has 3 unspecified atom stereocenters. The molecule has 82 valence electrons. The van der Waals surface area contributed by atoms with E-state index in [4.69, 9.17) is 0 Å². The second-order valence-electron chi connectivity index (χ2n) is 5.10. The number of hydrogen-bond donors (Lipinski definition) is 2. The first kappa shape index (κ1) is 10.4. The van der Waals surface area contributed by atoms with Gasteiger partial charge in [-0.25, -0.2) is 0 Å². The molecular formula is C12H23NO. The van der Waals surface area contributed by atoms with Crippen LogP contribution in [0.1, 0.15) is 51.9 Å². The predicted molar refractivity (Wildman–Crippen MR) is 58.2 cm³/mol. The second-order valence-corrected chi connectivity index (χ2v) is 5.10. The lowest BCUT2D eigenvalue weighted by molar-refractivity contribution is 0.138. The van der Waals surface area contributed by atoms with Crippen molar-refractivity contribution in [2.24, 2.45) is 5.92 Å². The zero-order valence-electron chi connectivity index (χ0n) is 9.21. The van der Waals surface area contributed by atoms with Crippen LogP contribution in [-0.2, 0) is 0 Å². The van der Waals surface area contributed by atoms with E-state index in [0.717, 1.165) is 18.8 Å². The Bertz CT molecular complexity index is 177. The lowest BCUT2D eigenvalue weighted by Gasteiger charge is -2.26. The van der Waals surface area contributed by atoms with E-state index in [1.54, 1.807) is 0 Å². The molecule has 2 N–H and O–H groups in total. The molecule has 0 aromatic rings. The summed E-state index contributed by atoms with van der Waals surface area (Å²) < 4.78 is 0. The summed E-state index contributed by atoms with van der Waals surface area (Å²) in [4.78, 5) is 0. The highest BCUT2D eigenvalue weighted by atomic mass is 16.3. The highest BCUT2D eigenvalue weighted by Crippen LogP contribution is 2.29. The number of nitrogens with one attached hydrogen (secondary N) is 1. The third kappa shape index (κ3) is 2.29. The topological polar surface area (TPSA) is 32.3 Å². The summed E-state index contributed by atoms with van der Waals surface area (Å²) in [5, 5.41) is 13.3. The molecule has 0 aliphatic heterocycles. The molecule has 2 nitrogen and oxygen atoms in total. The van der Waals surface area contributed by atoms with Gasteiger partial charge in [-0.05, 0) is 44.9 Å². The van der Waals surface area contributed by atoms with Crippen molar-refractivity contribution in [3.8, 4) is 0 Å². The quantitative estimate of drug-likeness (QED) is 0.726. The lowest BCUT2D eigenvalue weighted by Crippen LogP contribution is -2.44. The minimum atomic E-state index is -0.0844. The molecule has 2 heteroatoms. The second kappa shape index (κ2) is 4.63. The number of hydrogen-bond acceptors (Lipinski definition) is 2. The van der Waals surface area contributed by atoms with Gasteiger partial charge >= 0.3 is 0 Å². The van der Waals surface area contributed by atoms with Crippen molar-refractivity contribution in [3.63, 3.8) is 0 Å². The molecule has 14 heavy (non-hydrogen) atoms. The summed E-state index contributed by atoms with van der Waals surface area (Å²) in [5.74, 6) is 0.864. The van der Waals surface area contributed by atoms with Crippen LogP contribution in [0.15, 0.2) is 0 Å². The maximum Gasteiger partial charge on any atom is 0.0693 e. The molecule has 0 radical (unpaired) electrons. The van der Waals surface area contributed by atoms with Gasteiger partial charge < -0.3 is 10.4 Å². The smallest absolute Gasteiger partial charge is 0.0693 e. The fourth-order valence-electron chi connectivity index (χ4n) is 3.07. The maximum atomic E-state index is 9.72. The monoisotopic (exact) mass is 197 g/mol. The molecule has 2 rings (SSSR count). The molecule has 3 atom stereocenters. The van der Waals surface area contributed by atoms with Gasteiger partial charge in [-0.2, -0.15) is 0 Å². The van der Waals surface area contributed by atoms with Gasteiger partial charge in [-0.1, -0.05) is 12.8 Å². The van der Waals surface area contributed by atoms with Crippen molar-refractivity contribution in [2.45, 2.75) is 70.1 Å². The van der Waals surface area contributed by atoms with E-state index in [1.165, 1.54) is 32.1 Å². The minimum Gasteiger partial charge on any atom is -0.392 e. The highest BCUT2D eigenvalue weighted by molar-refractivity contribution is 4.87. The maximum absolute atomic E-state index is 9.72. The first-order chi connectivity index (χ1) is 6.77. The molecule has 2 fully saturated rings. The van der Waals surface area contributed by atoms with E-state index in [0.29, 0.717) is 12.1 Å². The van der Waals surface area contributed by atoms with Crippen molar-refractivity contribution >= 4 is 0 Å². The SMILES string of the molecule is CC(NC1CCCC1O)C1CCCC1. The van der Waals surface area contributed by atoms with E-state index in [2.05, 4.69) is 12.2 Å². The average Bonchev–Trinajstić information content (AvgIpc) is 2.77. The predicted octanol–water partition coefficient (Wildman–Crippen LogP) is 2.07. The molecule has 2 aliphatic rings. The van der Waals surface area contributed by atoms with Gasteiger partial charge in [0.1, 0.15) is 0 Å². The van der Waals surface area contributed by atoms with Crippen molar-refractivity contribution < 1.29 is 5.11 Å². The van der Waals surface area contributed by atoms with Crippen molar-refractivity contribution in [2.75, 3.05) is 0 Å². The Morgan fingerprint density at radius 1 is 1.07 bits per heavy atom. The van der Waals surface area contributed by atoms with E-state index in [-0.39, 0.29) is 6.10 Å². The van der Waals surface area contributed by atoms with Crippen molar-refractivity contribution in [3.05, 3.63) is 0 Å². The van der Waals surface area contributed by atoms with E-state index in [1.807, 2.05) is 0 Å². The van der Waals surface area contributed by atoms with E-state index >= 15 is 0 Å². The molecule has 0 spiro atoms. The minimum absolute atomic E-state index is 0.0844. The first-order valence-corrected chi connectivity index (χ1v) is 6.21. The van der Waals surface area contributed by atoms with E-state index < -0.39 is 0 Å². The molecule has 0 aromatic carbocycles. The highest BCUT2D eigenvalue weighted by Gasteiger charge is 2.29. The van der Waals surface area contributed by atoms with Gasteiger partial charge in [0.25, 0.3) is 0 Å². The normalized spacial score (nSPS) is 36.4. The summed E-state index contributed by atoms with van der Waals surface area (Å²) in [6, 6.07) is 0.987. The molecule has 0 amide bonds. The van der Waals surface area contributed by atoms with Gasteiger partial charge in [-0.3, -0.25) is 0 Å². The van der Waals surface area contributed by atoms with Crippen LogP contribution in [-0.4, -0.2) is 23.3 Å². The van der Waals surface area contributed by atoms with Gasteiger partial charge in [0.05, 0.1) is 6.10 Å². The molecule has 2 saturated carbocycles. The van der Waals surface area contributed by atoms with Crippen LogP contribution < -0.4 is 5.32 Å². The van der Waals surface area contributed by atoms with Crippen LogP contribution >= 0.6 is 0 Å². The van der Waals surface area contributed by atoms with Crippen molar-refractivity contribution in [1.29, 1.82) is 0 Å². The number of rotatable bonds is 3. The van der Waals surface area contributed by atoms with Crippen LogP contribution in [0.4, 0.5) is 0 Å². The molecule has 2 aliphatic carbocycles. The van der Waals surface area contributed by atoms with Crippen LogP contribution in [0.25, 0.3) is 0 Å². The zero-order valence-corrected chi connectivity index (χ0v) is 9.21. The van der Waals surface area contributed by atoms with Gasteiger partial charge in [0.2, 0.25) is 0 Å². The van der Waals surface area contributed by atoms with E-state index in [9.17, 15) is 5.11 Å². The standard InChI is InChI=1S/C12H23NO/c1-9(10-5-2-3-6-10)13-11-7-4-8-12(11)14/h9-14H,2-8H2,1H3. The number of aliphatic hydroxyl groups is 1. The summed E-state index contributed by atoms with van der Waals surface area (Å²) in [5.41, 5.74) is 0. The van der Waals surface area contributed by atoms with Gasteiger partial charge in [-0.15, -0.1) is 0 Å². The molecule has 0 aromatic heterocycles. The Balaban J connectivity index is 1.78. The number of aliphatic hydroxyl groups excluding tert-OH is 1. The Kier molecular flexibility index (Phi) is 3.45. The van der Waals surface area contributed by atoms with Gasteiger partial charge in [0.15, 0.2) is 0 Å². The Morgan fingerprint density at radius 2 is 1.79 bits per heavy atom. The van der Waals surface area contributed by atoms with Crippen LogP contribution in [0.2, 0.25) is 0 Å². The summed E-state index contributed by atoms with van der Waals surface area (Å²) in [6.45, 7) is 2.29. The Labute approximate surface area is 87.1 Å². The molecule has 0 saturated heterocycles. The van der Waals surface area contributed by atoms with Crippen molar-refractivity contribution in [1.82, 2.24) is 5.32 Å². The Hall–Kier alpha value is -0.0800. The third-order valence-electron chi connectivity index (χ3n) is 4.06. The van der Waals surface area contributed by atoms with Crippen LogP contribution in [0, 0.1) is 5.92 Å². The molecule has 0 bridgehead atoms. The van der Waals surface area contributed by atoms with Crippen LogP contribution in [0.5, 0.6) is 0 Å². The molecular weight excluding hydrogens is 174 g/mol. The summed E-state index contributed by atoms with van der Waals surface area (Å²) in [7, 11) is 0. The Morgan fingerprint density at radius 3 is 2.36 bits per heavy atom. The largest absolute Gasteiger partial charge is 0.392 e. The molecule has 0 heterocycles. The van der Waals surface area contributed by atoms with Crippen LogP contribution in [0.3, 0.4) is 0 Å². The summed E-state index contributed by atoms with van der Waals surface area (Å²) >= 11 is 0. The fourth-order valence-corrected chi connectivity index (χ4v) is 3.07. The first-order valence-electron chi connectivity index (χ1n) is 6.21. The zero-order chi connectivity index (χ0) is 9.97. The average molecular weight is 197 g/mol. The fraction of sp³-hybridized carbons (Fsp3) is 1.00. The third-order valence-corrected chi connectivity index (χ3v) is 4.06. The van der Waals surface area contributed by atoms with Gasteiger partial charge in [0, 0.05) is 12.1 Å². The summed E-state index contributed by atoms with van der Waals surface area (Å²) in [6.07, 6.45) is 8.85.